The van der Waals surface area contributed by atoms with Gasteiger partial charge in [-0.3, -0.25) is 4.79 Å². The van der Waals surface area contributed by atoms with Crippen molar-refractivity contribution in [2.45, 2.75) is 32.7 Å². The number of carboxylic acids is 1. The van der Waals surface area contributed by atoms with Crippen LogP contribution >= 0.6 is 0 Å². The van der Waals surface area contributed by atoms with E-state index in [1.165, 1.54) is 0 Å². The van der Waals surface area contributed by atoms with Gasteiger partial charge in [-0.15, -0.1) is 0 Å². The van der Waals surface area contributed by atoms with Crippen LogP contribution in [0.4, 0.5) is 0 Å². The van der Waals surface area contributed by atoms with Crippen LogP contribution in [0.2, 0.25) is 0 Å². The summed E-state index contributed by atoms with van der Waals surface area (Å²) in [7, 11) is 3.22. The third-order valence-electron chi connectivity index (χ3n) is 3.19. The number of aliphatic carboxylic acids is 1. The molecule has 0 heterocycles. The molecule has 1 atom stereocenters. The van der Waals surface area contributed by atoms with Gasteiger partial charge in [0, 0.05) is 6.04 Å². The highest BCUT2D eigenvalue weighted by Gasteiger charge is 2.17. The van der Waals surface area contributed by atoms with Crippen LogP contribution in [-0.4, -0.2) is 37.9 Å². The lowest BCUT2D eigenvalue weighted by molar-refractivity contribution is -0.137. The maximum atomic E-state index is 11.0. The average molecular weight is 295 g/mol. The molecule has 1 rings (SSSR count). The van der Waals surface area contributed by atoms with E-state index in [0.29, 0.717) is 12.3 Å². The molecule has 1 aromatic rings. The lowest BCUT2D eigenvalue weighted by Gasteiger charge is -2.20. The van der Waals surface area contributed by atoms with E-state index in [4.69, 9.17) is 14.6 Å². The largest absolute Gasteiger partial charge is 0.497 e. The second-order valence-electron chi connectivity index (χ2n) is 5.48. The first kappa shape index (κ1) is 17.3. The highest BCUT2D eigenvalue weighted by atomic mass is 16.5. The zero-order chi connectivity index (χ0) is 15.8. The summed E-state index contributed by atoms with van der Waals surface area (Å²) in [5.41, 5.74) is 0.944. The molecule has 0 amide bonds. The molecule has 0 saturated carbocycles. The topological polar surface area (TPSA) is 67.8 Å². The number of hydrogen-bond acceptors (Lipinski definition) is 4. The van der Waals surface area contributed by atoms with E-state index in [1.54, 1.807) is 14.2 Å². The molecule has 1 unspecified atom stereocenters. The predicted octanol–water partition coefficient (Wildman–Crippen LogP) is 2.34. The van der Waals surface area contributed by atoms with Gasteiger partial charge in [-0.1, -0.05) is 13.8 Å². The second kappa shape index (κ2) is 8.52. The third kappa shape index (κ3) is 6.04. The quantitative estimate of drug-likeness (QED) is 0.732. The molecule has 0 fully saturated rings. The van der Waals surface area contributed by atoms with E-state index in [2.05, 4.69) is 19.2 Å². The molecule has 0 radical (unpaired) electrons. The Labute approximate surface area is 126 Å². The molecule has 21 heavy (non-hydrogen) atoms. The van der Waals surface area contributed by atoms with Crippen molar-refractivity contribution in [1.29, 1.82) is 0 Å². The summed E-state index contributed by atoms with van der Waals surface area (Å²) in [6, 6.07) is 5.43. The Morgan fingerprint density at radius 1 is 1.29 bits per heavy atom. The van der Waals surface area contributed by atoms with Crippen molar-refractivity contribution in [3.05, 3.63) is 23.8 Å². The van der Waals surface area contributed by atoms with E-state index >= 15 is 0 Å². The minimum Gasteiger partial charge on any atom is -0.497 e. The molecule has 0 aliphatic heterocycles. The molecule has 5 nitrogen and oxygen atoms in total. The maximum Gasteiger partial charge on any atom is 0.304 e. The van der Waals surface area contributed by atoms with Gasteiger partial charge in [0.2, 0.25) is 0 Å². The van der Waals surface area contributed by atoms with Gasteiger partial charge in [-0.2, -0.15) is 0 Å². The van der Waals surface area contributed by atoms with Crippen LogP contribution in [0.15, 0.2) is 18.2 Å². The zero-order valence-electron chi connectivity index (χ0n) is 13.2. The van der Waals surface area contributed by atoms with Crippen LogP contribution in [0.5, 0.6) is 11.5 Å². The molecule has 2 N–H and O–H groups in total. The molecular weight excluding hydrogens is 270 g/mol. The van der Waals surface area contributed by atoms with Gasteiger partial charge in [-0.25, -0.2) is 0 Å². The van der Waals surface area contributed by atoms with Crippen molar-refractivity contribution in [3.63, 3.8) is 0 Å². The normalized spacial score (nSPS) is 12.2. The van der Waals surface area contributed by atoms with Gasteiger partial charge in [0.05, 0.1) is 20.6 Å². The summed E-state index contributed by atoms with van der Waals surface area (Å²) >= 11 is 0. The molecule has 0 aliphatic carbocycles. The van der Waals surface area contributed by atoms with Crippen molar-refractivity contribution >= 4 is 5.97 Å². The molecule has 0 bridgehead atoms. The van der Waals surface area contributed by atoms with Crippen LogP contribution in [-0.2, 0) is 11.2 Å². The number of rotatable bonds is 9. The minimum atomic E-state index is -0.807. The standard InChI is InChI=1S/C16H25NO4/c1-11(2)10-17-13(9-16(18)19)7-12-8-14(20-3)5-6-15(12)21-4/h5-6,8,11,13,17H,7,9-10H2,1-4H3,(H,18,19). The summed E-state index contributed by atoms with van der Waals surface area (Å²) < 4.78 is 10.6. The van der Waals surface area contributed by atoms with Crippen LogP contribution in [0, 0.1) is 5.92 Å². The Hall–Kier alpha value is -1.75. The SMILES string of the molecule is COc1ccc(OC)c(CC(CC(=O)O)NCC(C)C)c1. The molecule has 0 spiro atoms. The number of carbonyl (C=O) groups is 1. The average Bonchev–Trinajstić information content (AvgIpc) is 2.44. The van der Waals surface area contributed by atoms with Crippen molar-refractivity contribution < 1.29 is 19.4 Å². The van der Waals surface area contributed by atoms with E-state index in [0.717, 1.165) is 23.6 Å². The zero-order valence-corrected chi connectivity index (χ0v) is 13.2. The first-order valence-electron chi connectivity index (χ1n) is 7.12. The number of benzene rings is 1. The van der Waals surface area contributed by atoms with Gasteiger partial charge in [0.25, 0.3) is 0 Å². The Kier molecular flexibility index (Phi) is 7.02. The second-order valence-corrected chi connectivity index (χ2v) is 5.48. The van der Waals surface area contributed by atoms with Crippen LogP contribution < -0.4 is 14.8 Å². The summed E-state index contributed by atoms with van der Waals surface area (Å²) in [5, 5.41) is 12.4. The van der Waals surface area contributed by atoms with Crippen molar-refractivity contribution in [2.75, 3.05) is 20.8 Å². The first-order valence-corrected chi connectivity index (χ1v) is 7.12. The Morgan fingerprint density at radius 2 is 2.00 bits per heavy atom. The Balaban J connectivity index is 2.87. The lowest BCUT2D eigenvalue weighted by Crippen LogP contribution is -2.35. The van der Waals surface area contributed by atoms with E-state index in [1.807, 2.05) is 18.2 Å². The summed E-state index contributed by atoms with van der Waals surface area (Å²) in [5.74, 6) is 1.15. The smallest absolute Gasteiger partial charge is 0.304 e. The van der Waals surface area contributed by atoms with Crippen molar-refractivity contribution in [3.8, 4) is 11.5 Å². The van der Waals surface area contributed by atoms with Crippen LogP contribution in [0.3, 0.4) is 0 Å². The summed E-state index contributed by atoms with van der Waals surface area (Å²) in [6.45, 7) is 4.97. The molecule has 118 valence electrons. The minimum absolute atomic E-state index is 0.0765. The summed E-state index contributed by atoms with van der Waals surface area (Å²) in [4.78, 5) is 11.0. The van der Waals surface area contributed by atoms with Gasteiger partial charge in [0.15, 0.2) is 0 Å². The molecule has 0 saturated heterocycles. The van der Waals surface area contributed by atoms with Crippen LogP contribution in [0.25, 0.3) is 0 Å². The van der Waals surface area contributed by atoms with Gasteiger partial charge in [0.1, 0.15) is 11.5 Å². The van der Waals surface area contributed by atoms with Crippen LogP contribution in [0.1, 0.15) is 25.8 Å². The number of methoxy groups -OCH3 is 2. The number of ether oxygens (including phenoxy) is 2. The van der Waals surface area contributed by atoms with E-state index < -0.39 is 5.97 Å². The number of hydrogen-bond donors (Lipinski definition) is 2. The molecule has 0 aromatic heterocycles. The fourth-order valence-corrected chi connectivity index (χ4v) is 2.14. The van der Waals surface area contributed by atoms with Gasteiger partial charge in [-0.05, 0) is 42.6 Å². The third-order valence-corrected chi connectivity index (χ3v) is 3.19. The van der Waals surface area contributed by atoms with Gasteiger partial charge < -0.3 is 19.9 Å². The maximum absolute atomic E-state index is 11.0. The lowest BCUT2D eigenvalue weighted by atomic mass is 10.0. The molecular formula is C16H25NO4. The van der Waals surface area contributed by atoms with E-state index in [-0.39, 0.29) is 12.5 Å². The molecule has 5 heteroatoms. The van der Waals surface area contributed by atoms with E-state index in [9.17, 15) is 4.79 Å². The summed E-state index contributed by atoms with van der Waals surface area (Å²) in [6.07, 6.45) is 0.659. The van der Waals surface area contributed by atoms with Gasteiger partial charge >= 0.3 is 5.97 Å². The fourth-order valence-electron chi connectivity index (χ4n) is 2.14. The highest BCUT2D eigenvalue weighted by molar-refractivity contribution is 5.67. The first-order chi connectivity index (χ1) is 9.96. The number of nitrogens with one attached hydrogen (secondary N) is 1. The molecule has 1 aromatic carbocycles. The predicted molar refractivity (Wildman–Crippen MR) is 82.1 cm³/mol. The number of carboxylic acid groups (broad SMARTS) is 1. The Morgan fingerprint density at radius 3 is 2.52 bits per heavy atom. The van der Waals surface area contributed by atoms with Crippen molar-refractivity contribution in [1.82, 2.24) is 5.32 Å². The fraction of sp³-hybridized carbons (Fsp3) is 0.562. The Bertz CT molecular complexity index is 460. The monoisotopic (exact) mass is 295 g/mol. The molecule has 0 aliphatic rings. The van der Waals surface area contributed by atoms with Crippen molar-refractivity contribution in [2.24, 2.45) is 5.92 Å². The highest BCUT2D eigenvalue weighted by Crippen LogP contribution is 2.25.